The highest BCUT2D eigenvalue weighted by atomic mass is 35.5. The zero-order chi connectivity index (χ0) is 41.0. The normalized spacial score (nSPS) is 18.2. The molecule has 11 nitrogen and oxygen atoms in total. The average molecular weight is 841 g/mol. The van der Waals surface area contributed by atoms with Crippen molar-refractivity contribution in [2.75, 3.05) is 30.3 Å². The number of halogens is 1. The summed E-state index contributed by atoms with van der Waals surface area (Å²) in [6.45, 7) is 6.47. The van der Waals surface area contributed by atoms with Gasteiger partial charge in [0.2, 0.25) is 5.91 Å². The number of aromatic carboxylic acids is 1. The van der Waals surface area contributed by atoms with E-state index in [4.69, 9.17) is 5.11 Å². The Labute approximate surface area is 355 Å². The molecule has 3 aromatic carbocycles. The molecule has 4 heterocycles. The van der Waals surface area contributed by atoms with Crippen molar-refractivity contribution in [2.24, 2.45) is 11.3 Å². The molecule has 3 aliphatic heterocycles. The molecule has 13 heteroatoms. The molecule has 2 bridgehead atoms. The highest BCUT2D eigenvalue weighted by Gasteiger charge is 2.40. The van der Waals surface area contributed by atoms with Crippen molar-refractivity contribution in [3.63, 3.8) is 0 Å². The summed E-state index contributed by atoms with van der Waals surface area (Å²) in [4.78, 5) is 70.3. The van der Waals surface area contributed by atoms with Crippen LogP contribution in [0.4, 0.5) is 10.7 Å². The van der Waals surface area contributed by atoms with Gasteiger partial charge in [0.1, 0.15) is 5.00 Å². The number of nitrogens with one attached hydrogen (secondary N) is 2. The van der Waals surface area contributed by atoms with Crippen LogP contribution in [0.2, 0.25) is 0 Å². The van der Waals surface area contributed by atoms with Gasteiger partial charge in [0, 0.05) is 41.7 Å². The summed E-state index contributed by atoms with van der Waals surface area (Å²) in [5.74, 6) is -2.16. The number of carboxylic acid groups (broad SMARTS) is 2. The monoisotopic (exact) mass is 840 g/mol. The van der Waals surface area contributed by atoms with Crippen molar-refractivity contribution >= 4 is 64.1 Å². The van der Waals surface area contributed by atoms with Crippen molar-refractivity contribution in [1.29, 1.82) is 0 Å². The topological polar surface area (TPSA) is 156 Å². The molecule has 8 rings (SSSR count). The number of carboxylic acids is 2. The first kappa shape index (κ1) is 43.5. The van der Waals surface area contributed by atoms with Crippen LogP contribution < -0.4 is 10.6 Å². The number of benzene rings is 3. The molecule has 312 valence electrons. The third-order valence-corrected chi connectivity index (χ3v) is 13.4. The summed E-state index contributed by atoms with van der Waals surface area (Å²) in [5, 5.41) is 25.5. The molecule has 0 radical (unpaired) electrons. The van der Waals surface area contributed by atoms with Gasteiger partial charge in [-0.05, 0) is 149 Å². The van der Waals surface area contributed by atoms with E-state index >= 15 is 0 Å². The lowest BCUT2D eigenvalue weighted by Gasteiger charge is -2.49. The fourth-order valence-corrected chi connectivity index (χ4v) is 9.76. The van der Waals surface area contributed by atoms with Crippen LogP contribution in [0.15, 0.2) is 72.8 Å². The second-order valence-electron chi connectivity index (χ2n) is 16.6. The number of carbonyl (C=O) groups excluding carboxylic acids is 3. The molecule has 4 aromatic rings. The molecule has 3 saturated heterocycles. The highest BCUT2D eigenvalue weighted by molar-refractivity contribution is 7.17. The molecule has 3 amide bonds. The Morgan fingerprint density at radius 2 is 1.47 bits per heavy atom. The third-order valence-electron chi connectivity index (χ3n) is 12.2. The summed E-state index contributed by atoms with van der Waals surface area (Å²) in [7, 11) is 0. The van der Waals surface area contributed by atoms with Crippen LogP contribution in [0.25, 0.3) is 0 Å². The Morgan fingerprint density at radius 1 is 0.814 bits per heavy atom. The fraction of sp³-hybridized carbons (Fsp3) is 0.413. The third kappa shape index (κ3) is 10.4. The van der Waals surface area contributed by atoms with Gasteiger partial charge in [0.05, 0.1) is 16.5 Å². The summed E-state index contributed by atoms with van der Waals surface area (Å²) in [6.07, 6.45) is 7.54. The fourth-order valence-electron chi connectivity index (χ4n) is 8.48. The lowest BCUT2D eigenvalue weighted by Crippen LogP contribution is -2.58. The molecule has 1 aliphatic carbocycles. The SMILES string of the molecule is CC(C)(CCC(=O)N(Cc1cccc(C(=O)Nc2sc3c(c2C(=O)Nc2ccc(CCc4ccc(C(=O)O)cc4)cc2)CCCC3)c1)[C@@H]1CN2CCC1CC2)C(=O)O.Cl. The summed E-state index contributed by atoms with van der Waals surface area (Å²) >= 11 is 1.46. The highest BCUT2D eigenvalue weighted by Crippen LogP contribution is 2.39. The molecule has 4 aliphatic rings. The van der Waals surface area contributed by atoms with Crippen LogP contribution in [0.1, 0.15) is 111 Å². The first-order valence-corrected chi connectivity index (χ1v) is 21.2. The Bertz CT molecular complexity index is 2180. The maximum absolute atomic E-state index is 14.0. The maximum atomic E-state index is 14.0. The number of nitrogens with zero attached hydrogens (tertiary/aromatic N) is 2. The summed E-state index contributed by atoms with van der Waals surface area (Å²) in [5.41, 5.74) is 4.75. The first-order valence-electron chi connectivity index (χ1n) is 20.4. The number of anilines is 2. The predicted octanol–water partition coefficient (Wildman–Crippen LogP) is 8.35. The summed E-state index contributed by atoms with van der Waals surface area (Å²) < 4.78 is 0. The van der Waals surface area contributed by atoms with Gasteiger partial charge >= 0.3 is 11.9 Å². The van der Waals surface area contributed by atoms with Gasteiger partial charge in [-0.15, -0.1) is 23.7 Å². The smallest absolute Gasteiger partial charge is 0.335 e. The van der Waals surface area contributed by atoms with E-state index in [0.29, 0.717) is 34.3 Å². The van der Waals surface area contributed by atoms with Crippen molar-refractivity contribution in [1.82, 2.24) is 9.80 Å². The second-order valence-corrected chi connectivity index (χ2v) is 17.7. The number of rotatable bonds is 15. The molecule has 0 unspecified atom stereocenters. The van der Waals surface area contributed by atoms with Gasteiger partial charge in [0.25, 0.3) is 11.8 Å². The van der Waals surface area contributed by atoms with Crippen LogP contribution in [0, 0.1) is 11.3 Å². The largest absolute Gasteiger partial charge is 0.481 e. The van der Waals surface area contributed by atoms with E-state index in [-0.39, 0.29) is 54.6 Å². The number of carbonyl (C=O) groups is 5. The molecule has 59 heavy (non-hydrogen) atoms. The lowest BCUT2D eigenvalue weighted by atomic mass is 9.82. The van der Waals surface area contributed by atoms with Gasteiger partial charge in [0.15, 0.2) is 0 Å². The average Bonchev–Trinajstić information content (AvgIpc) is 3.60. The number of aliphatic carboxylic acids is 1. The van der Waals surface area contributed by atoms with Crippen LogP contribution in [0.5, 0.6) is 0 Å². The van der Waals surface area contributed by atoms with E-state index in [0.717, 1.165) is 98.1 Å². The summed E-state index contributed by atoms with van der Waals surface area (Å²) in [6, 6.07) is 21.9. The minimum Gasteiger partial charge on any atom is -0.481 e. The zero-order valence-electron chi connectivity index (χ0n) is 33.6. The Balaban J connectivity index is 0.00000585. The zero-order valence-corrected chi connectivity index (χ0v) is 35.3. The quantitative estimate of drug-likeness (QED) is 0.0931. The molecule has 3 fully saturated rings. The van der Waals surface area contributed by atoms with Gasteiger partial charge in [-0.3, -0.25) is 19.2 Å². The van der Waals surface area contributed by atoms with Crippen molar-refractivity contribution in [2.45, 2.75) is 90.6 Å². The van der Waals surface area contributed by atoms with E-state index in [1.165, 1.54) is 11.3 Å². The molecule has 0 spiro atoms. The minimum absolute atomic E-state index is 0. The van der Waals surface area contributed by atoms with Gasteiger partial charge in [-0.2, -0.15) is 0 Å². The van der Waals surface area contributed by atoms with E-state index < -0.39 is 17.4 Å². The van der Waals surface area contributed by atoms with E-state index in [9.17, 15) is 29.1 Å². The Morgan fingerprint density at radius 3 is 2.10 bits per heavy atom. The molecule has 0 saturated carbocycles. The van der Waals surface area contributed by atoms with Crippen molar-refractivity contribution in [3.8, 4) is 0 Å². The molecular formula is C46H53ClN4O7S. The number of amides is 3. The van der Waals surface area contributed by atoms with E-state index in [1.54, 1.807) is 32.0 Å². The van der Waals surface area contributed by atoms with Crippen LogP contribution in [-0.2, 0) is 41.8 Å². The van der Waals surface area contributed by atoms with E-state index in [2.05, 4.69) is 15.5 Å². The second kappa shape index (κ2) is 18.9. The maximum Gasteiger partial charge on any atom is 0.335 e. The number of aryl methyl sites for hydroxylation is 3. The van der Waals surface area contributed by atoms with Gasteiger partial charge < -0.3 is 30.6 Å². The molecule has 4 N–H and O–H groups in total. The number of hydrogen-bond donors (Lipinski definition) is 4. The van der Waals surface area contributed by atoms with E-state index in [1.807, 2.05) is 59.5 Å². The van der Waals surface area contributed by atoms with Crippen molar-refractivity contribution in [3.05, 3.63) is 117 Å². The van der Waals surface area contributed by atoms with Crippen LogP contribution in [-0.4, -0.2) is 75.3 Å². The van der Waals surface area contributed by atoms with Gasteiger partial charge in [-0.1, -0.05) is 36.4 Å². The Hall–Kier alpha value is -5.04. The number of piperidine rings is 3. The number of hydrogen-bond acceptors (Lipinski definition) is 7. The Kier molecular flexibility index (Phi) is 14.0. The first-order chi connectivity index (χ1) is 27.8. The molecule has 1 atom stereocenters. The molecular weight excluding hydrogens is 788 g/mol. The lowest BCUT2D eigenvalue weighted by molar-refractivity contribution is -0.148. The standard InChI is InChI=1S/C46H52N4O7S.ClH/c1-46(2,45(56)57)23-20-39(51)50(37-28-49-24-21-32(37)22-25-49)27-31-6-5-7-34(26-31)41(52)48-43-40(36-8-3-4-9-38(36)58-43)42(53)47-35-18-14-30(15-19-35)11-10-29-12-16-33(17-13-29)44(54)55;/h5-7,12-19,26,32,37H,3-4,8-11,20-25,27-28H2,1-2H3,(H,47,53)(H,48,52)(H,54,55)(H,56,57);1H/t37-;/m1./s1. The van der Waals surface area contributed by atoms with Crippen LogP contribution in [0.3, 0.4) is 0 Å². The molecule has 1 aromatic heterocycles. The number of thiophene rings is 1. The van der Waals surface area contributed by atoms with Gasteiger partial charge in [-0.25, -0.2) is 4.79 Å². The van der Waals surface area contributed by atoms with Crippen molar-refractivity contribution < 1.29 is 34.2 Å². The minimum atomic E-state index is -1.02. The number of fused-ring (bicyclic) bond motifs is 4. The van der Waals surface area contributed by atoms with Crippen LogP contribution >= 0.6 is 23.7 Å². The predicted molar refractivity (Wildman–Crippen MR) is 232 cm³/mol.